The molecular weight excluding hydrogens is 120 g/mol. The summed E-state index contributed by atoms with van der Waals surface area (Å²) < 4.78 is 0. The fourth-order valence-electron chi connectivity index (χ4n) is 0.743. The van der Waals surface area contributed by atoms with Crippen molar-refractivity contribution < 1.29 is 0 Å². The van der Waals surface area contributed by atoms with Gasteiger partial charge in [-0.3, -0.25) is 10.1 Å². The zero-order valence-electron chi connectivity index (χ0n) is 4.43. The molecule has 0 amide bonds. The predicted molar refractivity (Wildman–Crippen MR) is 31.1 cm³/mol. The molecule has 0 radical (unpaired) electrons. The van der Waals surface area contributed by atoms with Crippen molar-refractivity contribution in [3.05, 3.63) is 16.7 Å². The van der Waals surface area contributed by atoms with E-state index in [9.17, 15) is 4.79 Å². The van der Waals surface area contributed by atoms with Gasteiger partial charge in [0.05, 0.1) is 6.20 Å². The van der Waals surface area contributed by atoms with E-state index in [4.69, 9.17) is 0 Å². The van der Waals surface area contributed by atoms with E-state index in [1.54, 1.807) is 6.20 Å². The molecule has 2 rings (SSSR count). The van der Waals surface area contributed by atoms with Gasteiger partial charge in [0, 0.05) is 0 Å². The molecule has 0 aliphatic rings. The summed E-state index contributed by atoms with van der Waals surface area (Å²) in [6, 6.07) is 0. The molecule has 2 heterocycles. The summed E-state index contributed by atoms with van der Waals surface area (Å²) in [6.07, 6.45) is 1.55. The second-order valence-corrected chi connectivity index (χ2v) is 1.74. The van der Waals surface area contributed by atoms with Crippen molar-refractivity contribution in [2.45, 2.75) is 0 Å². The summed E-state index contributed by atoms with van der Waals surface area (Å²) in [4.78, 5) is 15.5. The Bertz CT molecular complexity index is 335. The van der Waals surface area contributed by atoms with E-state index >= 15 is 0 Å². The first-order chi connectivity index (χ1) is 4.36. The van der Waals surface area contributed by atoms with Gasteiger partial charge in [-0.1, -0.05) is 0 Å². The number of hydrogen-bond acceptors (Lipinski definition) is 2. The first-order valence-corrected chi connectivity index (χ1v) is 2.47. The Morgan fingerprint density at radius 2 is 2.33 bits per heavy atom. The molecule has 0 spiro atoms. The third kappa shape index (κ3) is 0.479. The maximum Gasteiger partial charge on any atom is 0.325 e. The molecule has 2 aromatic rings. The smallest absolute Gasteiger partial charge is 0.303 e. The molecule has 0 fully saturated rings. The van der Waals surface area contributed by atoms with E-state index in [1.807, 2.05) is 0 Å². The lowest BCUT2D eigenvalue weighted by Crippen LogP contribution is -2.00. The van der Waals surface area contributed by atoms with Crippen molar-refractivity contribution in [2.75, 3.05) is 0 Å². The van der Waals surface area contributed by atoms with Gasteiger partial charge in [-0.2, -0.15) is 5.10 Å². The monoisotopic (exact) mass is 124 g/mol. The van der Waals surface area contributed by atoms with Gasteiger partial charge in [0.1, 0.15) is 5.52 Å². The van der Waals surface area contributed by atoms with E-state index in [0.717, 1.165) is 0 Å². The van der Waals surface area contributed by atoms with Gasteiger partial charge in [-0.25, -0.2) is 4.79 Å². The highest BCUT2D eigenvalue weighted by Gasteiger charge is 1.95. The fraction of sp³-hybridized carbons (Fsp3) is 0. The van der Waals surface area contributed by atoms with Crippen LogP contribution in [0.15, 0.2) is 11.0 Å². The highest BCUT2D eigenvalue weighted by molar-refractivity contribution is 5.67. The van der Waals surface area contributed by atoms with Gasteiger partial charge in [-0.05, 0) is 0 Å². The molecule has 0 unspecified atom stereocenters. The molecule has 3 N–H and O–H groups in total. The number of rotatable bonds is 0. The Labute approximate surface area is 49.1 Å². The molecule has 5 heteroatoms. The van der Waals surface area contributed by atoms with Crippen molar-refractivity contribution in [3.63, 3.8) is 0 Å². The average molecular weight is 124 g/mol. The standard InChI is InChI=1S/C4H4N4O/c9-4-6-2-1-5-8-3(2)7-4/h1H,(H3,5,6,7,8,9). The third-order valence-electron chi connectivity index (χ3n) is 1.13. The van der Waals surface area contributed by atoms with Gasteiger partial charge in [0.25, 0.3) is 0 Å². The van der Waals surface area contributed by atoms with Crippen LogP contribution in [0.5, 0.6) is 0 Å². The zero-order valence-corrected chi connectivity index (χ0v) is 4.43. The van der Waals surface area contributed by atoms with Crippen molar-refractivity contribution in [1.29, 1.82) is 0 Å². The number of hydrogen-bond donors (Lipinski definition) is 3. The van der Waals surface area contributed by atoms with Crippen LogP contribution in [0.25, 0.3) is 11.2 Å². The molecule has 5 nitrogen and oxygen atoms in total. The maximum atomic E-state index is 10.5. The summed E-state index contributed by atoms with van der Waals surface area (Å²) in [7, 11) is 0. The molecule has 9 heavy (non-hydrogen) atoms. The van der Waals surface area contributed by atoms with Crippen LogP contribution >= 0.6 is 0 Å². The summed E-state index contributed by atoms with van der Waals surface area (Å²) in [5.41, 5.74) is 1.14. The highest BCUT2D eigenvalue weighted by Crippen LogP contribution is 1.96. The molecule has 0 saturated heterocycles. The van der Waals surface area contributed by atoms with Crippen LogP contribution in [0.3, 0.4) is 0 Å². The molecule has 0 aliphatic heterocycles. The molecule has 46 valence electrons. The second kappa shape index (κ2) is 1.25. The molecule has 2 aromatic heterocycles. The lowest BCUT2D eigenvalue weighted by molar-refractivity contribution is 1.07. The SMILES string of the molecule is O=c1[nH]c2cn[nH]c2[nH]1. The van der Waals surface area contributed by atoms with Crippen LogP contribution in [0.4, 0.5) is 0 Å². The van der Waals surface area contributed by atoms with E-state index < -0.39 is 0 Å². The number of aromatic amines is 3. The molecule has 0 atom stereocenters. The normalized spacial score (nSPS) is 10.7. The molecular formula is C4H4N4O. The van der Waals surface area contributed by atoms with Gasteiger partial charge in [0.2, 0.25) is 0 Å². The Morgan fingerprint density at radius 3 is 3.11 bits per heavy atom. The minimum Gasteiger partial charge on any atom is -0.303 e. The summed E-state index contributed by atoms with van der Waals surface area (Å²) in [6.45, 7) is 0. The molecule has 0 saturated carbocycles. The second-order valence-electron chi connectivity index (χ2n) is 1.74. The fourth-order valence-corrected chi connectivity index (χ4v) is 0.743. The topological polar surface area (TPSA) is 77.3 Å². The third-order valence-corrected chi connectivity index (χ3v) is 1.13. The number of fused-ring (bicyclic) bond motifs is 1. The van der Waals surface area contributed by atoms with Crippen LogP contribution in [0.2, 0.25) is 0 Å². The Morgan fingerprint density at radius 1 is 1.44 bits per heavy atom. The molecule has 0 aliphatic carbocycles. The minimum absolute atomic E-state index is 0.210. The molecule has 0 bridgehead atoms. The van der Waals surface area contributed by atoms with Crippen molar-refractivity contribution in [2.24, 2.45) is 0 Å². The number of nitrogens with one attached hydrogen (secondary N) is 3. The lowest BCUT2D eigenvalue weighted by Gasteiger charge is -1.65. The van der Waals surface area contributed by atoms with Crippen LogP contribution in [0, 0.1) is 0 Å². The van der Waals surface area contributed by atoms with Crippen LogP contribution < -0.4 is 5.69 Å². The maximum absolute atomic E-state index is 10.5. The van der Waals surface area contributed by atoms with Crippen molar-refractivity contribution >= 4 is 11.2 Å². The van der Waals surface area contributed by atoms with Crippen molar-refractivity contribution in [3.8, 4) is 0 Å². The first-order valence-electron chi connectivity index (χ1n) is 2.47. The summed E-state index contributed by atoms with van der Waals surface area (Å²) in [5.74, 6) is 0. The van der Waals surface area contributed by atoms with E-state index in [-0.39, 0.29) is 5.69 Å². The van der Waals surface area contributed by atoms with E-state index in [1.165, 1.54) is 0 Å². The van der Waals surface area contributed by atoms with Gasteiger partial charge in [0.15, 0.2) is 5.65 Å². The van der Waals surface area contributed by atoms with Gasteiger partial charge >= 0.3 is 5.69 Å². The number of aromatic nitrogens is 4. The van der Waals surface area contributed by atoms with Crippen LogP contribution in [-0.4, -0.2) is 20.2 Å². The Kier molecular flexibility index (Phi) is 0.606. The number of nitrogens with zero attached hydrogens (tertiary/aromatic N) is 1. The van der Waals surface area contributed by atoms with Crippen molar-refractivity contribution in [1.82, 2.24) is 20.2 Å². The minimum atomic E-state index is -0.210. The molecule has 0 aromatic carbocycles. The largest absolute Gasteiger partial charge is 0.325 e. The summed E-state index contributed by atoms with van der Waals surface area (Å²) in [5, 5.41) is 6.28. The number of imidazole rings is 1. The zero-order chi connectivity index (χ0) is 6.27. The van der Waals surface area contributed by atoms with E-state index in [0.29, 0.717) is 11.2 Å². The van der Waals surface area contributed by atoms with Gasteiger partial charge in [-0.15, -0.1) is 0 Å². The van der Waals surface area contributed by atoms with Crippen LogP contribution in [-0.2, 0) is 0 Å². The van der Waals surface area contributed by atoms with Gasteiger partial charge < -0.3 is 4.98 Å². The summed E-state index contributed by atoms with van der Waals surface area (Å²) >= 11 is 0. The van der Waals surface area contributed by atoms with E-state index in [2.05, 4.69) is 20.2 Å². The average Bonchev–Trinajstić information content (AvgIpc) is 2.22. The number of H-pyrrole nitrogens is 3. The van der Waals surface area contributed by atoms with Crippen LogP contribution in [0.1, 0.15) is 0 Å². The quantitative estimate of drug-likeness (QED) is 0.446. The first kappa shape index (κ1) is 4.37. The Balaban J connectivity index is 3.08. The predicted octanol–water partition coefficient (Wildman–Crippen LogP) is -0.421. The lowest BCUT2D eigenvalue weighted by atomic mass is 10.6. The Hall–Kier alpha value is -1.52. The highest BCUT2D eigenvalue weighted by atomic mass is 16.1.